The standard InChI is InChI=1S/C44H30BN3/c1-4-17-31(18-5-1)46-36-25-14-26-37-40(36)45-41-38(46)27-29-15-10-12-23-34(29)43(41)48(33-21-8-3-9-22-33)44-35-24-13-11-16-30(35)28-39(42(44)45)47(37)32-19-6-2-7-20-32/h1-2,4-8,10-28H,3,9H2. The largest absolute Gasteiger partial charge is 0.311 e. The van der Waals surface area contributed by atoms with Crippen LogP contribution in [0.15, 0.2) is 163 Å². The fraction of sp³-hybridized carbons (Fsp3) is 0.0455. The molecule has 4 aliphatic rings. The lowest BCUT2D eigenvalue weighted by molar-refractivity contribution is 0.999. The minimum atomic E-state index is 0.0738. The Morgan fingerprint density at radius 3 is 1.48 bits per heavy atom. The number of rotatable bonds is 3. The van der Waals surface area contributed by atoms with Crippen LogP contribution in [0.1, 0.15) is 12.8 Å². The molecule has 0 fully saturated rings. The Morgan fingerprint density at radius 2 is 0.958 bits per heavy atom. The first-order valence-corrected chi connectivity index (χ1v) is 17.0. The Hall–Kier alpha value is -6.00. The number of hydrogen-bond acceptors (Lipinski definition) is 3. The third-order valence-corrected chi connectivity index (χ3v) is 10.7. The molecule has 224 valence electrons. The molecular formula is C44H30BN3. The number of fused-ring (bicyclic) bond motifs is 4. The molecule has 7 aromatic rings. The van der Waals surface area contributed by atoms with Gasteiger partial charge in [0, 0.05) is 50.6 Å². The zero-order valence-corrected chi connectivity index (χ0v) is 26.3. The molecule has 0 saturated carbocycles. The lowest BCUT2D eigenvalue weighted by atomic mass is 9.31. The molecule has 0 aromatic heterocycles. The molecule has 1 aliphatic carbocycles. The second-order valence-corrected chi connectivity index (χ2v) is 13.2. The number of para-hydroxylation sites is 2. The normalized spacial score (nSPS) is 15.2. The Balaban J connectivity index is 1.38. The van der Waals surface area contributed by atoms with Crippen LogP contribution in [0.5, 0.6) is 0 Å². The molecule has 0 amide bonds. The van der Waals surface area contributed by atoms with Gasteiger partial charge in [0.2, 0.25) is 0 Å². The van der Waals surface area contributed by atoms with Gasteiger partial charge in [-0.15, -0.1) is 0 Å². The average Bonchev–Trinajstić information content (AvgIpc) is 3.16. The van der Waals surface area contributed by atoms with E-state index >= 15 is 0 Å². The molecule has 0 spiro atoms. The van der Waals surface area contributed by atoms with Gasteiger partial charge in [0.25, 0.3) is 6.71 Å². The summed E-state index contributed by atoms with van der Waals surface area (Å²) >= 11 is 0. The molecule has 3 heterocycles. The molecule has 3 aliphatic heterocycles. The molecule has 11 rings (SSSR count). The van der Waals surface area contributed by atoms with Gasteiger partial charge < -0.3 is 14.7 Å². The van der Waals surface area contributed by atoms with E-state index < -0.39 is 0 Å². The lowest BCUT2D eigenvalue weighted by Crippen LogP contribution is -2.65. The predicted molar refractivity (Wildman–Crippen MR) is 204 cm³/mol. The minimum Gasteiger partial charge on any atom is -0.311 e. The van der Waals surface area contributed by atoms with Gasteiger partial charge in [-0.1, -0.05) is 103 Å². The maximum absolute atomic E-state index is 2.62. The van der Waals surface area contributed by atoms with Crippen molar-refractivity contribution in [3.63, 3.8) is 0 Å². The van der Waals surface area contributed by atoms with E-state index in [0.717, 1.165) is 12.8 Å². The fourth-order valence-electron chi connectivity index (χ4n) is 8.85. The SMILES string of the molecule is C1=CC(N2c3c4c(cc5ccccc35)N(c3ccccc3)c3cccc5c3B4c3c(cc4ccccc4c32)N5c2ccccc2)=CCC1. The van der Waals surface area contributed by atoms with Crippen molar-refractivity contribution < 1.29 is 0 Å². The molecule has 0 atom stereocenters. The Bertz CT molecular complexity index is 2380. The van der Waals surface area contributed by atoms with Gasteiger partial charge in [-0.25, -0.2) is 0 Å². The summed E-state index contributed by atoms with van der Waals surface area (Å²) in [6, 6.07) is 51.6. The van der Waals surface area contributed by atoms with Gasteiger partial charge in [0.1, 0.15) is 0 Å². The van der Waals surface area contributed by atoms with Crippen molar-refractivity contribution in [2.45, 2.75) is 12.8 Å². The maximum Gasteiger partial charge on any atom is 0.257 e. The zero-order chi connectivity index (χ0) is 31.3. The minimum absolute atomic E-state index is 0.0738. The lowest BCUT2D eigenvalue weighted by Gasteiger charge is -2.50. The summed E-state index contributed by atoms with van der Waals surface area (Å²) in [4.78, 5) is 7.66. The molecule has 4 heteroatoms. The van der Waals surface area contributed by atoms with E-state index in [1.54, 1.807) is 0 Å². The fourth-order valence-corrected chi connectivity index (χ4v) is 8.85. The Labute approximate surface area is 280 Å². The van der Waals surface area contributed by atoms with Gasteiger partial charge in [0.05, 0.1) is 11.4 Å². The highest BCUT2D eigenvalue weighted by atomic mass is 15.2. The molecule has 0 saturated heterocycles. The van der Waals surface area contributed by atoms with Gasteiger partial charge in [-0.2, -0.15) is 0 Å². The van der Waals surface area contributed by atoms with Crippen LogP contribution in [-0.2, 0) is 0 Å². The van der Waals surface area contributed by atoms with Crippen LogP contribution in [-0.4, -0.2) is 6.71 Å². The molecule has 48 heavy (non-hydrogen) atoms. The number of anilines is 8. The third-order valence-electron chi connectivity index (χ3n) is 10.7. The molecule has 7 aromatic carbocycles. The molecular weight excluding hydrogens is 581 g/mol. The van der Waals surface area contributed by atoms with Crippen molar-refractivity contribution in [2.24, 2.45) is 0 Å². The van der Waals surface area contributed by atoms with Gasteiger partial charge in [0.15, 0.2) is 0 Å². The molecule has 3 nitrogen and oxygen atoms in total. The monoisotopic (exact) mass is 611 g/mol. The van der Waals surface area contributed by atoms with Crippen molar-refractivity contribution in [3.05, 3.63) is 163 Å². The van der Waals surface area contributed by atoms with E-state index in [-0.39, 0.29) is 6.71 Å². The summed E-state index contributed by atoms with van der Waals surface area (Å²) in [6.07, 6.45) is 9.24. The molecule has 0 unspecified atom stereocenters. The van der Waals surface area contributed by atoms with Gasteiger partial charge in [-0.3, -0.25) is 0 Å². The van der Waals surface area contributed by atoms with Crippen LogP contribution in [0, 0.1) is 0 Å². The van der Waals surface area contributed by atoms with Gasteiger partial charge in [-0.05, 0) is 94.6 Å². The van der Waals surface area contributed by atoms with E-state index in [4.69, 9.17) is 0 Å². The van der Waals surface area contributed by atoms with Crippen LogP contribution in [0.25, 0.3) is 21.5 Å². The number of benzene rings is 7. The van der Waals surface area contributed by atoms with Crippen molar-refractivity contribution in [2.75, 3.05) is 14.7 Å². The van der Waals surface area contributed by atoms with Crippen molar-refractivity contribution in [1.29, 1.82) is 0 Å². The maximum atomic E-state index is 2.62. The third kappa shape index (κ3) is 3.39. The highest BCUT2D eigenvalue weighted by Gasteiger charge is 2.50. The van der Waals surface area contributed by atoms with Crippen molar-refractivity contribution >= 4 is 90.1 Å². The summed E-state index contributed by atoms with van der Waals surface area (Å²) < 4.78 is 0. The van der Waals surface area contributed by atoms with Crippen LogP contribution in [0.2, 0.25) is 0 Å². The summed E-state index contributed by atoms with van der Waals surface area (Å²) in [6.45, 7) is 0.0738. The first kappa shape index (κ1) is 26.1. The van der Waals surface area contributed by atoms with E-state index in [2.05, 4.69) is 172 Å². The second-order valence-electron chi connectivity index (χ2n) is 13.2. The summed E-state index contributed by atoms with van der Waals surface area (Å²) in [5.74, 6) is 0. The van der Waals surface area contributed by atoms with Crippen LogP contribution in [0.3, 0.4) is 0 Å². The number of allylic oxidation sites excluding steroid dienone is 3. The van der Waals surface area contributed by atoms with Crippen molar-refractivity contribution in [1.82, 2.24) is 0 Å². The average molecular weight is 612 g/mol. The smallest absolute Gasteiger partial charge is 0.257 e. The first-order chi connectivity index (χ1) is 23.9. The number of nitrogens with zero attached hydrogens (tertiary/aromatic N) is 3. The van der Waals surface area contributed by atoms with E-state index in [1.807, 2.05) is 0 Å². The van der Waals surface area contributed by atoms with E-state index in [1.165, 1.54) is 89.1 Å². The summed E-state index contributed by atoms with van der Waals surface area (Å²) in [5, 5.41) is 5.08. The van der Waals surface area contributed by atoms with Crippen molar-refractivity contribution in [3.8, 4) is 0 Å². The van der Waals surface area contributed by atoms with E-state index in [9.17, 15) is 0 Å². The molecule has 0 N–H and O–H groups in total. The Kier molecular flexibility index (Phi) is 5.31. The second kappa shape index (κ2) is 9.76. The highest BCUT2D eigenvalue weighted by Crippen LogP contribution is 2.52. The topological polar surface area (TPSA) is 9.72 Å². The number of hydrogen-bond donors (Lipinski definition) is 0. The molecule has 0 bridgehead atoms. The zero-order valence-electron chi connectivity index (χ0n) is 26.3. The molecule has 0 radical (unpaired) electrons. The summed E-state index contributed by atoms with van der Waals surface area (Å²) in [5.41, 5.74) is 15.3. The summed E-state index contributed by atoms with van der Waals surface area (Å²) in [7, 11) is 0. The highest BCUT2D eigenvalue weighted by molar-refractivity contribution is 7.03. The Morgan fingerprint density at radius 1 is 0.438 bits per heavy atom. The van der Waals surface area contributed by atoms with Crippen LogP contribution >= 0.6 is 0 Å². The first-order valence-electron chi connectivity index (χ1n) is 17.0. The van der Waals surface area contributed by atoms with Crippen LogP contribution < -0.4 is 31.1 Å². The van der Waals surface area contributed by atoms with E-state index in [0.29, 0.717) is 0 Å². The quantitative estimate of drug-likeness (QED) is 0.184. The van der Waals surface area contributed by atoms with Gasteiger partial charge >= 0.3 is 0 Å². The predicted octanol–water partition coefficient (Wildman–Crippen LogP) is 9.76. The van der Waals surface area contributed by atoms with Crippen LogP contribution in [0.4, 0.5) is 45.5 Å².